The van der Waals surface area contributed by atoms with Crippen LogP contribution in [0.5, 0.6) is 0 Å². The van der Waals surface area contributed by atoms with E-state index < -0.39 is 11.9 Å². The van der Waals surface area contributed by atoms with Gasteiger partial charge in [-0.3, -0.25) is 14.4 Å². The number of ether oxygens (including phenoxy) is 2. The fourth-order valence-electron chi connectivity index (χ4n) is 3.46. The van der Waals surface area contributed by atoms with Crippen molar-refractivity contribution in [2.75, 3.05) is 25.1 Å². The molecule has 2 amide bonds. The Morgan fingerprint density at radius 3 is 2.56 bits per heavy atom. The number of rotatable bonds is 10. The molecule has 0 bridgehead atoms. The normalized spacial score (nSPS) is 14.8. The molecule has 1 aliphatic heterocycles. The average Bonchev–Trinajstić information content (AvgIpc) is 3.36. The van der Waals surface area contributed by atoms with Gasteiger partial charge in [-0.05, 0) is 42.8 Å². The van der Waals surface area contributed by atoms with E-state index in [-0.39, 0.29) is 36.6 Å². The van der Waals surface area contributed by atoms with Crippen molar-refractivity contribution < 1.29 is 23.9 Å². The number of carbonyl (C=O) groups excluding carboxylic acids is 3. The van der Waals surface area contributed by atoms with Gasteiger partial charge in [0.25, 0.3) is 5.91 Å². The Bertz CT molecular complexity index is 993. The van der Waals surface area contributed by atoms with Crippen molar-refractivity contribution >= 4 is 40.8 Å². The summed E-state index contributed by atoms with van der Waals surface area (Å²) in [6.45, 7) is 1.42. The molecule has 1 aliphatic rings. The van der Waals surface area contributed by atoms with E-state index in [9.17, 15) is 14.4 Å². The van der Waals surface area contributed by atoms with Crippen LogP contribution in [-0.4, -0.2) is 48.8 Å². The molecule has 1 heterocycles. The van der Waals surface area contributed by atoms with Crippen molar-refractivity contribution in [1.29, 1.82) is 0 Å². The largest absolute Gasteiger partial charge is 0.465 e. The maximum absolute atomic E-state index is 12.6. The molecular weight excluding hydrogens is 454 g/mol. The number of nitrogens with one attached hydrogen (secondary N) is 3. The monoisotopic (exact) mass is 483 g/mol. The summed E-state index contributed by atoms with van der Waals surface area (Å²) in [6.07, 6.45) is 2.47. The highest BCUT2D eigenvalue weighted by Crippen LogP contribution is 2.16. The highest BCUT2D eigenvalue weighted by molar-refractivity contribution is 7.80. The van der Waals surface area contributed by atoms with Crippen molar-refractivity contribution in [1.82, 2.24) is 10.6 Å². The van der Waals surface area contributed by atoms with E-state index in [2.05, 4.69) is 16.0 Å². The lowest BCUT2D eigenvalue weighted by Gasteiger charge is -2.15. The van der Waals surface area contributed by atoms with Gasteiger partial charge in [0.2, 0.25) is 5.91 Å². The third-order valence-electron chi connectivity index (χ3n) is 5.24. The van der Waals surface area contributed by atoms with Gasteiger partial charge in [0.15, 0.2) is 5.11 Å². The van der Waals surface area contributed by atoms with Crippen LogP contribution >= 0.6 is 12.2 Å². The molecule has 180 valence electrons. The molecule has 2 aromatic carbocycles. The van der Waals surface area contributed by atoms with Crippen molar-refractivity contribution in [3.63, 3.8) is 0 Å². The molecule has 2 aromatic rings. The average molecular weight is 484 g/mol. The zero-order valence-electron chi connectivity index (χ0n) is 18.9. The van der Waals surface area contributed by atoms with Gasteiger partial charge in [-0.25, -0.2) is 0 Å². The van der Waals surface area contributed by atoms with Gasteiger partial charge >= 0.3 is 5.97 Å². The number of benzene rings is 2. The highest BCUT2D eigenvalue weighted by atomic mass is 32.1. The summed E-state index contributed by atoms with van der Waals surface area (Å²) >= 11 is 5.20. The quantitative estimate of drug-likeness (QED) is 0.352. The Balaban J connectivity index is 1.38. The third kappa shape index (κ3) is 8.57. The van der Waals surface area contributed by atoms with Gasteiger partial charge in [-0.2, -0.15) is 0 Å². The molecule has 1 atom stereocenters. The number of carbonyl (C=O) groups is 3. The second kappa shape index (κ2) is 13.4. The molecule has 34 heavy (non-hydrogen) atoms. The van der Waals surface area contributed by atoms with Crippen LogP contribution in [0.25, 0.3) is 0 Å². The molecule has 0 spiro atoms. The molecule has 1 saturated heterocycles. The lowest BCUT2D eigenvalue weighted by molar-refractivity contribution is -0.144. The third-order valence-corrected chi connectivity index (χ3v) is 5.44. The number of hydrogen-bond acceptors (Lipinski definition) is 6. The van der Waals surface area contributed by atoms with Crippen molar-refractivity contribution in [3.8, 4) is 0 Å². The van der Waals surface area contributed by atoms with Crippen LogP contribution in [-0.2, 0) is 25.5 Å². The smallest absolute Gasteiger partial charge is 0.306 e. The van der Waals surface area contributed by atoms with E-state index in [4.69, 9.17) is 21.7 Å². The van der Waals surface area contributed by atoms with Crippen LogP contribution in [0, 0.1) is 0 Å². The number of hydrogen-bond donors (Lipinski definition) is 3. The number of thiocarbonyl (C=S) groups is 1. The first-order valence-corrected chi connectivity index (χ1v) is 11.7. The first-order chi connectivity index (χ1) is 16.5. The van der Waals surface area contributed by atoms with Crippen LogP contribution in [0.4, 0.5) is 5.69 Å². The Morgan fingerprint density at radius 2 is 1.79 bits per heavy atom. The second-order valence-electron chi connectivity index (χ2n) is 7.85. The van der Waals surface area contributed by atoms with Gasteiger partial charge in [-0.15, -0.1) is 0 Å². The van der Waals surface area contributed by atoms with E-state index in [1.54, 1.807) is 24.3 Å². The number of anilines is 1. The molecule has 0 aliphatic carbocycles. The van der Waals surface area contributed by atoms with E-state index in [1.165, 1.54) is 0 Å². The van der Waals surface area contributed by atoms with Crippen molar-refractivity contribution in [2.24, 2.45) is 0 Å². The maximum Gasteiger partial charge on any atom is 0.306 e. The number of para-hydroxylation sites is 1. The van der Waals surface area contributed by atoms with Crippen molar-refractivity contribution in [3.05, 3.63) is 65.7 Å². The molecule has 3 rings (SSSR count). The lowest BCUT2D eigenvalue weighted by Crippen LogP contribution is -2.36. The minimum atomic E-state index is -0.446. The van der Waals surface area contributed by atoms with E-state index >= 15 is 0 Å². The van der Waals surface area contributed by atoms with Crippen LogP contribution in [0.2, 0.25) is 0 Å². The van der Waals surface area contributed by atoms with Crippen LogP contribution in [0.15, 0.2) is 54.6 Å². The molecule has 0 aromatic heterocycles. The highest BCUT2D eigenvalue weighted by Gasteiger charge is 2.18. The summed E-state index contributed by atoms with van der Waals surface area (Å²) in [5, 5.41) is 8.32. The molecule has 0 unspecified atom stereocenters. The summed E-state index contributed by atoms with van der Waals surface area (Å²) in [5.41, 5.74) is 1.95. The molecule has 9 heteroatoms. The molecule has 8 nitrogen and oxygen atoms in total. The zero-order chi connectivity index (χ0) is 24.2. The number of amides is 2. The van der Waals surface area contributed by atoms with Crippen LogP contribution < -0.4 is 16.0 Å². The Kier molecular flexibility index (Phi) is 9.99. The first kappa shape index (κ1) is 25.3. The molecule has 3 N–H and O–H groups in total. The van der Waals surface area contributed by atoms with Crippen LogP contribution in [0.1, 0.15) is 41.6 Å². The fraction of sp³-hybridized carbons (Fsp3) is 0.360. The van der Waals surface area contributed by atoms with Gasteiger partial charge in [0.05, 0.1) is 30.4 Å². The van der Waals surface area contributed by atoms with Gasteiger partial charge in [-0.1, -0.05) is 42.5 Å². The SMILES string of the molecule is O=C(CCC(=O)OCCc1ccccc1)NC(=S)Nc1ccccc1C(=O)NC[C@@H]1CCCO1. The van der Waals surface area contributed by atoms with E-state index in [0.717, 1.165) is 25.0 Å². The molecular formula is C25H29N3O5S. The Hall–Kier alpha value is -3.30. The predicted octanol–water partition coefficient (Wildman–Crippen LogP) is 2.97. The maximum atomic E-state index is 12.6. The second-order valence-corrected chi connectivity index (χ2v) is 8.26. The lowest BCUT2D eigenvalue weighted by atomic mass is 10.1. The van der Waals surface area contributed by atoms with Gasteiger partial charge in [0, 0.05) is 26.0 Å². The topological polar surface area (TPSA) is 106 Å². The van der Waals surface area contributed by atoms with Crippen molar-refractivity contribution in [2.45, 2.75) is 38.2 Å². The summed E-state index contributed by atoms with van der Waals surface area (Å²) in [5.74, 6) is -1.12. The van der Waals surface area contributed by atoms with Gasteiger partial charge in [0.1, 0.15) is 0 Å². The summed E-state index contributed by atoms with van der Waals surface area (Å²) < 4.78 is 10.7. The standard InChI is InChI=1S/C25H29N3O5S/c29-22(12-13-23(30)33-16-14-18-7-2-1-3-8-18)28-25(34)27-21-11-5-4-10-20(21)24(31)26-17-19-9-6-15-32-19/h1-5,7-8,10-11,19H,6,9,12-17H2,(H,26,31)(H2,27,28,29,34)/t19-/m0/s1. The minimum absolute atomic E-state index is 0.0365. The summed E-state index contributed by atoms with van der Waals surface area (Å²) in [4.78, 5) is 36.7. The Morgan fingerprint density at radius 1 is 1.03 bits per heavy atom. The Labute approximate surface area is 204 Å². The van der Waals surface area contributed by atoms with Crippen LogP contribution in [0.3, 0.4) is 0 Å². The molecule has 0 saturated carbocycles. The minimum Gasteiger partial charge on any atom is -0.465 e. The molecule has 1 fully saturated rings. The summed E-state index contributed by atoms with van der Waals surface area (Å²) in [6, 6.07) is 16.6. The first-order valence-electron chi connectivity index (χ1n) is 11.3. The zero-order valence-corrected chi connectivity index (χ0v) is 19.7. The van der Waals surface area contributed by atoms with E-state index in [0.29, 0.717) is 24.2 Å². The summed E-state index contributed by atoms with van der Waals surface area (Å²) in [7, 11) is 0. The van der Waals surface area contributed by atoms with E-state index in [1.807, 2.05) is 30.3 Å². The number of esters is 1. The van der Waals surface area contributed by atoms with Gasteiger partial charge < -0.3 is 25.4 Å². The molecule has 0 radical (unpaired) electrons. The fourth-order valence-corrected chi connectivity index (χ4v) is 3.68. The predicted molar refractivity (Wildman–Crippen MR) is 132 cm³/mol.